The number of nitrogens with one attached hydrogen (secondary N) is 1. The lowest BCUT2D eigenvalue weighted by atomic mass is 9.98. The van der Waals surface area contributed by atoms with E-state index < -0.39 is 30.1 Å². The van der Waals surface area contributed by atoms with Crippen molar-refractivity contribution in [2.75, 3.05) is 12.4 Å². The summed E-state index contributed by atoms with van der Waals surface area (Å²) >= 11 is 5.82. The number of aryl methyl sites for hydroxylation is 1. The van der Waals surface area contributed by atoms with Gasteiger partial charge in [0.2, 0.25) is 5.91 Å². The fourth-order valence-electron chi connectivity index (χ4n) is 1.57. The van der Waals surface area contributed by atoms with Crippen molar-refractivity contribution in [1.82, 2.24) is 0 Å². The fraction of sp³-hybridized carbons (Fsp3) is 0.385. The summed E-state index contributed by atoms with van der Waals surface area (Å²) in [4.78, 5) is 22.8. The summed E-state index contributed by atoms with van der Waals surface area (Å²) in [6, 6.07) is 4.30. The number of halogens is 4. The molecule has 1 aromatic carbocycles. The smallest absolute Gasteiger partial charge is 0.428 e. The number of ether oxygens (including phenoxy) is 1. The van der Waals surface area contributed by atoms with Crippen molar-refractivity contribution in [3.63, 3.8) is 0 Å². The van der Waals surface area contributed by atoms with Crippen LogP contribution in [0.25, 0.3) is 0 Å². The Hall–Kier alpha value is -1.80. The minimum absolute atomic E-state index is 0.134. The second-order valence-electron chi connectivity index (χ2n) is 4.54. The zero-order valence-electron chi connectivity index (χ0n) is 11.6. The van der Waals surface area contributed by atoms with E-state index in [4.69, 9.17) is 11.6 Å². The maximum absolute atomic E-state index is 12.8. The Bertz CT molecular complexity index is 591. The van der Waals surface area contributed by atoms with E-state index in [-0.39, 0.29) is 5.69 Å². The van der Waals surface area contributed by atoms with Crippen LogP contribution in [0.4, 0.5) is 18.9 Å². The molecular formula is C13H13ClF3NO4. The molecule has 0 fully saturated rings. The van der Waals surface area contributed by atoms with Gasteiger partial charge in [-0.3, -0.25) is 4.79 Å². The number of anilines is 1. The SMILES string of the molecule is COC(=O)[C@@](O)(CC(=O)Nc1ccc(C)c(Cl)c1)C(F)(F)F. The molecule has 22 heavy (non-hydrogen) atoms. The third kappa shape index (κ3) is 3.89. The highest BCUT2D eigenvalue weighted by molar-refractivity contribution is 6.31. The van der Waals surface area contributed by atoms with E-state index in [1.165, 1.54) is 12.1 Å². The molecule has 0 aromatic heterocycles. The molecule has 0 heterocycles. The van der Waals surface area contributed by atoms with Gasteiger partial charge in [0.25, 0.3) is 5.60 Å². The van der Waals surface area contributed by atoms with Crippen LogP contribution < -0.4 is 5.32 Å². The van der Waals surface area contributed by atoms with E-state index in [1.807, 2.05) is 0 Å². The molecule has 1 amide bonds. The molecule has 0 unspecified atom stereocenters. The van der Waals surface area contributed by atoms with Gasteiger partial charge in [0.1, 0.15) is 0 Å². The van der Waals surface area contributed by atoms with Crippen LogP contribution in [0.5, 0.6) is 0 Å². The van der Waals surface area contributed by atoms with Gasteiger partial charge in [0, 0.05) is 10.7 Å². The minimum Gasteiger partial charge on any atom is -0.467 e. The number of amides is 1. The first-order valence-electron chi connectivity index (χ1n) is 5.95. The van der Waals surface area contributed by atoms with Crippen molar-refractivity contribution in [1.29, 1.82) is 0 Å². The summed E-state index contributed by atoms with van der Waals surface area (Å²) in [5, 5.41) is 11.9. The molecule has 9 heteroatoms. The van der Waals surface area contributed by atoms with Gasteiger partial charge in [0.05, 0.1) is 13.5 Å². The van der Waals surface area contributed by atoms with Crippen LogP contribution >= 0.6 is 11.6 Å². The molecule has 0 bridgehead atoms. The van der Waals surface area contributed by atoms with Gasteiger partial charge in [-0.1, -0.05) is 17.7 Å². The molecule has 5 nitrogen and oxygen atoms in total. The van der Waals surface area contributed by atoms with Crippen molar-refractivity contribution in [3.8, 4) is 0 Å². The molecule has 122 valence electrons. The van der Waals surface area contributed by atoms with Crippen molar-refractivity contribution in [2.24, 2.45) is 0 Å². The largest absolute Gasteiger partial charge is 0.467 e. The molecule has 2 N–H and O–H groups in total. The van der Waals surface area contributed by atoms with E-state index in [0.717, 1.165) is 0 Å². The van der Waals surface area contributed by atoms with Crippen LogP contribution in [0.15, 0.2) is 18.2 Å². The zero-order valence-corrected chi connectivity index (χ0v) is 12.4. The van der Waals surface area contributed by atoms with E-state index in [9.17, 15) is 27.9 Å². The highest BCUT2D eigenvalue weighted by atomic mass is 35.5. The number of hydrogen-bond acceptors (Lipinski definition) is 4. The Morgan fingerprint density at radius 3 is 2.41 bits per heavy atom. The lowest BCUT2D eigenvalue weighted by molar-refractivity contribution is -0.261. The molecule has 0 saturated heterocycles. The normalized spacial score (nSPS) is 14.1. The molecule has 0 radical (unpaired) electrons. The van der Waals surface area contributed by atoms with Gasteiger partial charge < -0.3 is 15.2 Å². The summed E-state index contributed by atoms with van der Waals surface area (Å²) in [6.07, 6.45) is -6.89. The number of methoxy groups -OCH3 is 1. The number of carbonyl (C=O) groups excluding carboxylic acids is 2. The van der Waals surface area contributed by atoms with Crippen LogP contribution in [0.2, 0.25) is 5.02 Å². The van der Waals surface area contributed by atoms with Crippen LogP contribution in [0.3, 0.4) is 0 Å². The summed E-state index contributed by atoms with van der Waals surface area (Å²) in [7, 11) is 0.677. The van der Waals surface area contributed by atoms with Crippen LogP contribution in [-0.2, 0) is 14.3 Å². The highest BCUT2D eigenvalue weighted by Gasteiger charge is 2.61. The van der Waals surface area contributed by atoms with E-state index in [2.05, 4.69) is 10.1 Å². The van der Waals surface area contributed by atoms with Gasteiger partial charge in [-0.05, 0) is 24.6 Å². The fourth-order valence-corrected chi connectivity index (χ4v) is 1.75. The van der Waals surface area contributed by atoms with Gasteiger partial charge >= 0.3 is 12.1 Å². The Morgan fingerprint density at radius 2 is 1.95 bits per heavy atom. The first-order valence-corrected chi connectivity index (χ1v) is 6.32. The monoisotopic (exact) mass is 339 g/mol. The lowest BCUT2D eigenvalue weighted by Crippen LogP contribution is -2.54. The molecular weight excluding hydrogens is 327 g/mol. The Labute approximate surface area is 129 Å². The number of carbonyl (C=O) groups is 2. The predicted molar refractivity (Wildman–Crippen MR) is 72.5 cm³/mol. The predicted octanol–water partition coefficient (Wildman–Crippen LogP) is 2.44. The summed E-state index contributed by atoms with van der Waals surface area (Å²) in [6.45, 7) is 1.70. The van der Waals surface area contributed by atoms with Gasteiger partial charge in [-0.25, -0.2) is 4.79 Å². The van der Waals surface area contributed by atoms with Crippen LogP contribution in [0.1, 0.15) is 12.0 Å². The maximum Gasteiger partial charge on any atom is 0.428 e. The van der Waals surface area contributed by atoms with Gasteiger partial charge in [0.15, 0.2) is 0 Å². The molecule has 1 rings (SSSR count). The van der Waals surface area contributed by atoms with Gasteiger partial charge in [-0.15, -0.1) is 0 Å². The first-order chi connectivity index (χ1) is 10.0. The molecule has 1 aromatic rings. The second-order valence-corrected chi connectivity index (χ2v) is 4.95. The lowest BCUT2D eigenvalue weighted by Gasteiger charge is -2.26. The van der Waals surface area contributed by atoms with E-state index >= 15 is 0 Å². The molecule has 0 aliphatic heterocycles. The number of esters is 1. The van der Waals surface area contributed by atoms with Crippen molar-refractivity contribution in [2.45, 2.75) is 25.1 Å². The van der Waals surface area contributed by atoms with Crippen molar-refractivity contribution in [3.05, 3.63) is 28.8 Å². The summed E-state index contributed by atoms with van der Waals surface area (Å²) in [5.41, 5.74) is -3.07. The van der Waals surface area contributed by atoms with E-state index in [0.29, 0.717) is 17.7 Å². The van der Waals surface area contributed by atoms with Crippen LogP contribution in [0, 0.1) is 6.92 Å². The second kappa shape index (κ2) is 6.53. The van der Waals surface area contributed by atoms with E-state index in [1.54, 1.807) is 13.0 Å². The number of benzene rings is 1. The zero-order chi connectivity index (χ0) is 17.1. The number of aliphatic hydroxyl groups is 1. The third-order valence-electron chi connectivity index (χ3n) is 2.86. The maximum atomic E-state index is 12.8. The van der Waals surface area contributed by atoms with Gasteiger partial charge in [-0.2, -0.15) is 13.2 Å². The highest BCUT2D eigenvalue weighted by Crippen LogP contribution is 2.34. The molecule has 0 saturated carbocycles. The summed E-state index contributed by atoms with van der Waals surface area (Å²) < 4.78 is 42.3. The standard InChI is InChI=1S/C13H13ClF3NO4/c1-7-3-4-8(5-9(7)14)18-10(19)6-12(21,11(20)22-2)13(15,16)17/h3-5,21H,6H2,1-2H3,(H,18,19)/t12-/m0/s1. The molecule has 0 aliphatic carbocycles. The minimum atomic E-state index is -5.36. The quantitative estimate of drug-likeness (QED) is 0.826. The molecule has 0 aliphatic rings. The Balaban J connectivity index is 2.93. The molecule has 0 spiro atoms. The number of rotatable bonds is 4. The van der Waals surface area contributed by atoms with Crippen molar-refractivity contribution >= 4 is 29.2 Å². The third-order valence-corrected chi connectivity index (χ3v) is 3.27. The first kappa shape index (κ1) is 18.2. The topological polar surface area (TPSA) is 75.6 Å². The molecule has 1 atom stereocenters. The number of alkyl halides is 3. The Kier molecular flexibility index (Phi) is 5.42. The average Bonchev–Trinajstić information content (AvgIpc) is 2.40. The van der Waals surface area contributed by atoms with Crippen molar-refractivity contribution < 1.29 is 32.6 Å². The number of hydrogen-bond donors (Lipinski definition) is 2. The Morgan fingerprint density at radius 1 is 1.36 bits per heavy atom. The average molecular weight is 340 g/mol. The van der Waals surface area contributed by atoms with Crippen LogP contribution in [-0.4, -0.2) is 35.9 Å². The summed E-state index contributed by atoms with van der Waals surface area (Å²) in [5.74, 6) is -3.18.